The normalized spacial score (nSPS) is 11.3. The van der Waals surface area contributed by atoms with E-state index in [1.165, 1.54) is 14.2 Å². The molecule has 2 rings (SSSR count). The molecule has 0 aromatic heterocycles. The number of amides is 1. The van der Waals surface area contributed by atoms with Crippen molar-refractivity contribution in [3.8, 4) is 17.2 Å². The first-order chi connectivity index (χ1) is 16.7. The van der Waals surface area contributed by atoms with Crippen molar-refractivity contribution < 1.29 is 46.4 Å². The molecule has 0 bridgehead atoms. The first-order valence-corrected chi connectivity index (χ1v) is 10.4. The maximum Gasteiger partial charge on any atom is 0.416 e. The van der Waals surface area contributed by atoms with Crippen LogP contribution in [0.2, 0.25) is 0 Å². The molecular formula is C24H26F3NO7. The number of methoxy groups -OCH3 is 2. The van der Waals surface area contributed by atoms with Gasteiger partial charge in [-0.15, -0.1) is 0 Å². The van der Waals surface area contributed by atoms with Crippen LogP contribution in [0.1, 0.15) is 18.1 Å². The van der Waals surface area contributed by atoms with Crippen molar-refractivity contribution in [2.75, 3.05) is 46.0 Å². The van der Waals surface area contributed by atoms with Gasteiger partial charge in [0.05, 0.1) is 25.0 Å². The molecule has 11 heteroatoms. The zero-order valence-corrected chi connectivity index (χ0v) is 19.4. The van der Waals surface area contributed by atoms with Crippen molar-refractivity contribution >= 4 is 23.6 Å². The quantitative estimate of drug-likeness (QED) is 0.345. The molecule has 35 heavy (non-hydrogen) atoms. The van der Waals surface area contributed by atoms with Crippen molar-refractivity contribution in [1.29, 1.82) is 0 Å². The molecule has 1 N–H and O–H groups in total. The average Bonchev–Trinajstić information content (AvgIpc) is 2.82. The molecule has 8 nitrogen and oxygen atoms in total. The number of rotatable bonds is 12. The second kappa shape index (κ2) is 13.2. The molecule has 0 aliphatic heterocycles. The number of halogens is 3. The highest BCUT2D eigenvalue weighted by atomic mass is 19.4. The largest absolute Gasteiger partial charge is 0.493 e. The Morgan fingerprint density at radius 1 is 0.943 bits per heavy atom. The van der Waals surface area contributed by atoms with E-state index >= 15 is 0 Å². The number of benzene rings is 2. The van der Waals surface area contributed by atoms with Crippen LogP contribution >= 0.6 is 0 Å². The van der Waals surface area contributed by atoms with E-state index < -0.39 is 36.8 Å². The lowest BCUT2D eigenvalue weighted by molar-refractivity contribution is -0.149. The van der Waals surface area contributed by atoms with Crippen LogP contribution in [0.25, 0.3) is 6.08 Å². The summed E-state index contributed by atoms with van der Waals surface area (Å²) in [6, 6.07) is 7.74. The predicted molar refractivity (Wildman–Crippen MR) is 122 cm³/mol. The minimum absolute atomic E-state index is 0.00604. The SMILES string of the molecule is C/C=C/c1ccc(OCC(=O)OCC(=O)Nc2cc(C(F)(F)F)ccc2OCCOC)c(OC)c1. The number of hydrogen-bond donors (Lipinski definition) is 1. The van der Waals surface area contributed by atoms with E-state index in [1.54, 1.807) is 18.2 Å². The molecule has 0 saturated heterocycles. The first kappa shape index (κ1) is 27.5. The van der Waals surface area contributed by atoms with Gasteiger partial charge in [-0.1, -0.05) is 18.2 Å². The Hall–Kier alpha value is -3.73. The van der Waals surface area contributed by atoms with E-state index in [0.29, 0.717) is 11.5 Å². The Bertz CT molecular complexity index is 1040. The minimum atomic E-state index is -4.62. The van der Waals surface area contributed by atoms with E-state index in [4.69, 9.17) is 23.7 Å². The summed E-state index contributed by atoms with van der Waals surface area (Å²) in [6.45, 7) is 0.852. The molecule has 0 unspecified atom stereocenters. The predicted octanol–water partition coefficient (Wildman–Crippen LogP) is 4.33. The minimum Gasteiger partial charge on any atom is -0.493 e. The summed E-state index contributed by atoms with van der Waals surface area (Å²) < 4.78 is 64.9. The molecule has 0 heterocycles. The first-order valence-electron chi connectivity index (χ1n) is 10.4. The number of anilines is 1. The average molecular weight is 497 g/mol. The summed E-state index contributed by atoms with van der Waals surface area (Å²) in [5, 5.41) is 2.27. The fraction of sp³-hybridized carbons (Fsp3) is 0.333. The van der Waals surface area contributed by atoms with Gasteiger partial charge >= 0.3 is 12.1 Å². The zero-order chi connectivity index (χ0) is 25.8. The van der Waals surface area contributed by atoms with Gasteiger partial charge < -0.3 is 29.0 Å². The highest BCUT2D eigenvalue weighted by Crippen LogP contribution is 2.35. The molecule has 0 saturated carbocycles. The number of nitrogens with one attached hydrogen (secondary N) is 1. The molecule has 2 aromatic carbocycles. The van der Waals surface area contributed by atoms with Gasteiger partial charge in [0.1, 0.15) is 12.4 Å². The van der Waals surface area contributed by atoms with Gasteiger partial charge in [0.15, 0.2) is 24.7 Å². The van der Waals surface area contributed by atoms with Crippen molar-refractivity contribution in [1.82, 2.24) is 0 Å². The number of ether oxygens (including phenoxy) is 5. The molecule has 190 valence electrons. The summed E-state index contributed by atoms with van der Waals surface area (Å²) >= 11 is 0. The number of allylic oxidation sites excluding steroid dienone is 1. The van der Waals surface area contributed by atoms with Crippen LogP contribution in [-0.4, -0.2) is 52.5 Å². The maximum absolute atomic E-state index is 13.1. The molecule has 0 spiro atoms. The van der Waals surface area contributed by atoms with E-state index in [-0.39, 0.29) is 24.7 Å². The van der Waals surface area contributed by atoms with E-state index in [9.17, 15) is 22.8 Å². The van der Waals surface area contributed by atoms with Crippen LogP contribution in [0.4, 0.5) is 18.9 Å². The van der Waals surface area contributed by atoms with Gasteiger partial charge in [-0.3, -0.25) is 4.79 Å². The van der Waals surface area contributed by atoms with E-state index in [0.717, 1.165) is 23.8 Å². The highest BCUT2D eigenvalue weighted by Gasteiger charge is 2.31. The second-order valence-electron chi connectivity index (χ2n) is 6.96. The zero-order valence-electron chi connectivity index (χ0n) is 19.4. The molecule has 0 fully saturated rings. The smallest absolute Gasteiger partial charge is 0.416 e. The van der Waals surface area contributed by atoms with Crippen LogP contribution in [0.5, 0.6) is 17.2 Å². The third kappa shape index (κ3) is 8.85. The lowest BCUT2D eigenvalue weighted by Gasteiger charge is -2.15. The lowest BCUT2D eigenvalue weighted by Crippen LogP contribution is -2.24. The molecule has 0 aliphatic carbocycles. The van der Waals surface area contributed by atoms with E-state index in [2.05, 4.69) is 5.32 Å². The standard InChI is InChI=1S/C24H26F3NO7/c1-4-5-16-6-8-20(21(12-16)32-3)34-15-23(30)35-14-22(29)28-18-13-17(24(25,26)27)7-9-19(18)33-11-10-31-2/h4-9,12-13H,10-11,14-15H2,1-3H3,(H,28,29)/b5-4+. The van der Waals surface area contributed by atoms with Crippen molar-refractivity contribution in [2.45, 2.75) is 13.1 Å². The van der Waals surface area contributed by atoms with Crippen LogP contribution in [0.3, 0.4) is 0 Å². The number of carbonyl (C=O) groups is 2. The summed E-state index contributed by atoms with van der Waals surface area (Å²) in [7, 11) is 2.89. The van der Waals surface area contributed by atoms with Gasteiger partial charge in [-0.2, -0.15) is 13.2 Å². The Morgan fingerprint density at radius 3 is 2.34 bits per heavy atom. The topological polar surface area (TPSA) is 92.3 Å². The van der Waals surface area contributed by atoms with Gasteiger partial charge in [0.2, 0.25) is 0 Å². The monoisotopic (exact) mass is 497 g/mol. The van der Waals surface area contributed by atoms with Crippen LogP contribution in [0.15, 0.2) is 42.5 Å². The number of hydrogen-bond acceptors (Lipinski definition) is 7. The van der Waals surface area contributed by atoms with Crippen molar-refractivity contribution in [2.24, 2.45) is 0 Å². The van der Waals surface area contributed by atoms with Gasteiger partial charge in [-0.05, 0) is 42.8 Å². The van der Waals surface area contributed by atoms with Gasteiger partial charge in [-0.25, -0.2) is 4.79 Å². The fourth-order valence-corrected chi connectivity index (χ4v) is 2.78. The Labute approximate surface area is 200 Å². The van der Waals surface area contributed by atoms with Gasteiger partial charge in [0, 0.05) is 7.11 Å². The molecule has 0 radical (unpaired) electrons. The molecule has 1 amide bonds. The highest BCUT2D eigenvalue weighted by molar-refractivity contribution is 5.94. The lowest BCUT2D eigenvalue weighted by atomic mass is 10.1. The van der Waals surface area contributed by atoms with Crippen molar-refractivity contribution in [3.63, 3.8) is 0 Å². The Balaban J connectivity index is 1.96. The van der Waals surface area contributed by atoms with Gasteiger partial charge in [0.25, 0.3) is 5.91 Å². The molecular weight excluding hydrogens is 471 g/mol. The summed E-state index contributed by atoms with van der Waals surface area (Å²) in [5.41, 5.74) is -0.332. The number of alkyl halides is 3. The third-order valence-electron chi connectivity index (χ3n) is 4.38. The van der Waals surface area contributed by atoms with Crippen LogP contribution < -0.4 is 19.5 Å². The fourth-order valence-electron chi connectivity index (χ4n) is 2.78. The maximum atomic E-state index is 13.1. The molecule has 0 aliphatic rings. The second-order valence-corrected chi connectivity index (χ2v) is 6.96. The van der Waals surface area contributed by atoms with Crippen LogP contribution in [0, 0.1) is 0 Å². The molecule has 0 atom stereocenters. The van der Waals surface area contributed by atoms with E-state index in [1.807, 2.05) is 19.1 Å². The molecule has 2 aromatic rings. The summed E-state index contributed by atoms with van der Waals surface area (Å²) in [6.07, 6.45) is -0.913. The number of esters is 1. The summed E-state index contributed by atoms with van der Waals surface area (Å²) in [5.74, 6) is -1.02. The third-order valence-corrected chi connectivity index (χ3v) is 4.38. The van der Waals surface area contributed by atoms with Crippen LogP contribution in [-0.2, 0) is 25.2 Å². The Morgan fingerprint density at radius 2 is 1.69 bits per heavy atom. The van der Waals surface area contributed by atoms with Crippen molar-refractivity contribution in [3.05, 3.63) is 53.6 Å². The number of carbonyl (C=O) groups excluding carboxylic acids is 2. The summed E-state index contributed by atoms with van der Waals surface area (Å²) in [4.78, 5) is 24.2. The Kier molecular flexibility index (Phi) is 10.4.